The highest BCUT2D eigenvalue weighted by atomic mass is 79.9. The highest BCUT2D eigenvalue weighted by Crippen LogP contribution is 2.19. The van der Waals surface area contributed by atoms with Gasteiger partial charge in [0, 0.05) is 4.48 Å². The first-order valence-corrected chi connectivity index (χ1v) is 3.06. The summed E-state index contributed by atoms with van der Waals surface area (Å²) in [5.74, 6) is 0. The van der Waals surface area contributed by atoms with Gasteiger partial charge in [-0.3, -0.25) is 0 Å². The number of hydrogen-bond donors (Lipinski definition) is 0. The molecule has 7 heavy (non-hydrogen) atoms. The molecule has 0 fully saturated rings. The SMILES string of the molecule is C=CC(Br)=C(Cl)Cl. The van der Waals surface area contributed by atoms with Crippen molar-refractivity contribution in [2.24, 2.45) is 0 Å². The highest BCUT2D eigenvalue weighted by Gasteiger charge is 1.87. The molecule has 40 valence electrons. The summed E-state index contributed by atoms with van der Waals surface area (Å²) in [4.78, 5) is 0. The Hall–Kier alpha value is 0.540. The highest BCUT2D eigenvalue weighted by molar-refractivity contribution is 9.12. The number of rotatable bonds is 1. The molecule has 3 heteroatoms. The maximum atomic E-state index is 5.26. The summed E-state index contributed by atoms with van der Waals surface area (Å²) >= 11 is 13.5. The molecule has 0 saturated heterocycles. The molecular weight excluding hydrogens is 199 g/mol. The van der Waals surface area contributed by atoms with Gasteiger partial charge in [0.25, 0.3) is 0 Å². The second kappa shape index (κ2) is 3.53. The van der Waals surface area contributed by atoms with Crippen molar-refractivity contribution in [3.05, 3.63) is 21.6 Å². The van der Waals surface area contributed by atoms with E-state index in [2.05, 4.69) is 22.5 Å². The lowest BCUT2D eigenvalue weighted by Crippen LogP contribution is -1.56. The average Bonchev–Trinajstić information content (AvgIpc) is 1.65. The molecule has 0 heterocycles. The zero-order chi connectivity index (χ0) is 5.86. The van der Waals surface area contributed by atoms with Crippen LogP contribution in [0.15, 0.2) is 21.6 Å². The van der Waals surface area contributed by atoms with E-state index in [1.54, 1.807) is 0 Å². The predicted molar refractivity (Wildman–Crippen MR) is 37.9 cm³/mol. The fourth-order valence-electron chi connectivity index (χ4n) is 0.0772. The Bertz CT molecular complexity index is 102. The van der Waals surface area contributed by atoms with E-state index >= 15 is 0 Å². The molecule has 0 aliphatic carbocycles. The number of halogens is 3. The van der Waals surface area contributed by atoms with Crippen molar-refractivity contribution in [2.75, 3.05) is 0 Å². The van der Waals surface area contributed by atoms with Gasteiger partial charge in [-0.15, -0.1) is 0 Å². The van der Waals surface area contributed by atoms with Crippen LogP contribution in [0.3, 0.4) is 0 Å². The van der Waals surface area contributed by atoms with E-state index in [-0.39, 0.29) is 4.49 Å². The van der Waals surface area contributed by atoms with Gasteiger partial charge in [0.2, 0.25) is 0 Å². The molecule has 0 aromatic rings. The zero-order valence-corrected chi connectivity index (χ0v) is 6.52. The average molecular weight is 202 g/mol. The predicted octanol–water partition coefficient (Wildman–Crippen LogP) is 3.21. The maximum absolute atomic E-state index is 5.26. The molecule has 0 aliphatic rings. The molecule has 0 radical (unpaired) electrons. The molecule has 0 rings (SSSR count). The van der Waals surface area contributed by atoms with Crippen LogP contribution in [0.4, 0.5) is 0 Å². The minimum absolute atomic E-state index is 0.204. The van der Waals surface area contributed by atoms with Gasteiger partial charge in [-0.25, -0.2) is 0 Å². The summed E-state index contributed by atoms with van der Waals surface area (Å²) in [5.41, 5.74) is 0. The van der Waals surface area contributed by atoms with Gasteiger partial charge < -0.3 is 0 Å². The van der Waals surface area contributed by atoms with Crippen LogP contribution >= 0.6 is 39.1 Å². The van der Waals surface area contributed by atoms with Crippen LogP contribution in [0.1, 0.15) is 0 Å². The van der Waals surface area contributed by atoms with Crippen molar-refractivity contribution in [1.82, 2.24) is 0 Å². The van der Waals surface area contributed by atoms with E-state index in [0.717, 1.165) is 0 Å². The van der Waals surface area contributed by atoms with E-state index in [1.165, 1.54) is 6.08 Å². The van der Waals surface area contributed by atoms with Crippen molar-refractivity contribution in [3.63, 3.8) is 0 Å². The van der Waals surface area contributed by atoms with Crippen LogP contribution in [-0.4, -0.2) is 0 Å². The summed E-state index contributed by atoms with van der Waals surface area (Å²) in [6, 6.07) is 0. The molecule has 0 spiro atoms. The fourth-order valence-corrected chi connectivity index (χ4v) is 0.231. The quantitative estimate of drug-likeness (QED) is 0.572. The lowest BCUT2D eigenvalue weighted by atomic mass is 10.6. The Labute approximate surface area is 60.9 Å². The van der Waals surface area contributed by atoms with Crippen molar-refractivity contribution >= 4 is 39.1 Å². The Morgan fingerprint density at radius 2 is 2.00 bits per heavy atom. The van der Waals surface area contributed by atoms with Crippen molar-refractivity contribution < 1.29 is 0 Å². The third kappa shape index (κ3) is 3.15. The summed E-state index contributed by atoms with van der Waals surface area (Å²) < 4.78 is 0.825. The Balaban J connectivity index is 3.98. The normalized spacial score (nSPS) is 7.86. The molecule has 0 nitrogen and oxygen atoms in total. The molecule has 0 unspecified atom stereocenters. The van der Waals surface area contributed by atoms with Crippen LogP contribution in [0.25, 0.3) is 0 Å². The van der Waals surface area contributed by atoms with Crippen LogP contribution in [-0.2, 0) is 0 Å². The van der Waals surface area contributed by atoms with Gasteiger partial charge >= 0.3 is 0 Å². The van der Waals surface area contributed by atoms with E-state index in [0.29, 0.717) is 4.48 Å². The number of hydrogen-bond acceptors (Lipinski definition) is 0. The lowest BCUT2D eigenvalue weighted by Gasteiger charge is -1.82. The molecule has 0 bridgehead atoms. The van der Waals surface area contributed by atoms with E-state index in [1.807, 2.05) is 0 Å². The molecule has 0 amide bonds. The zero-order valence-electron chi connectivity index (χ0n) is 3.42. The van der Waals surface area contributed by atoms with Gasteiger partial charge in [0.05, 0.1) is 0 Å². The van der Waals surface area contributed by atoms with Crippen LogP contribution in [0.5, 0.6) is 0 Å². The Morgan fingerprint density at radius 3 is 2.00 bits per heavy atom. The van der Waals surface area contributed by atoms with Crippen molar-refractivity contribution in [2.45, 2.75) is 0 Å². The standard InChI is InChI=1S/C4H3BrCl2/c1-2-3(5)4(6)7/h2H,1H2. The first-order valence-electron chi connectivity index (χ1n) is 1.51. The van der Waals surface area contributed by atoms with Crippen LogP contribution in [0.2, 0.25) is 0 Å². The fraction of sp³-hybridized carbons (Fsp3) is 0. The molecule has 0 aliphatic heterocycles. The van der Waals surface area contributed by atoms with Gasteiger partial charge in [-0.2, -0.15) is 0 Å². The molecule has 0 saturated carbocycles. The molecule has 0 atom stereocenters. The minimum atomic E-state index is 0.204. The van der Waals surface area contributed by atoms with Gasteiger partial charge in [0.1, 0.15) is 4.49 Å². The number of allylic oxidation sites excluding steroid dienone is 2. The first kappa shape index (κ1) is 7.54. The lowest BCUT2D eigenvalue weighted by molar-refractivity contribution is 2.01. The Kier molecular flexibility index (Phi) is 3.80. The Morgan fingerprint density at radius 1 is 1.57 bits per heavy atom. The molecular formula is C4H3BrCl2. The summed E-state index contributed by atoms with van der Waals surface area (Å²) in [6.45, 7) is 3.41. The third-order valence-electron chi connectivity index (χ3n) is 0.360. The van der Waals surface area contributed by atoms with Gasteiger partial charge in [-0.05, 0) is 15.9 Å². The summed E-state index contributed by atoms with van der Waals surface area (Å²) in [5, 5.41) is 0. The second-order valence-corrected chi connectivity index (χ2v) is 2.62. The van der Waals surface area contributed by atoms with E-state index in [9.17, 15) is 0 Å². The van der Waals surface area contributed by atoms with Gasteiger partial charge in [-0.1, -0.05) is 35.9 Å². The summed E-state index contributed by atoms with van der Waals surface area (Å²) in [7, 11) is 0. The second-order valence-electron chi connectivity index (χ2n) is 0.812. The minimum Gasteiger partial charge on any atom is -0.0979 e. The van der Waals surface area contributed by atoms with Crippen molar-refractivity contribution in [1.29, 1.82) is 0 Å². The van der Waals surface area contributed by atoms with Crippen LogP contribution in [0, 0.1) is 0 Å². The van der Waals surface area contributed by atoms with Crippen molar-refractivity contribution in [3.8, 4) is 0 Å². The topological polar surface area (TPSA) is 0 Å². The summed E-state index contributed by atoms with van der Waals surface area (Å²) in [6.07, 6.45) is 1.52. The molecule has 0 N–H and O–H groups in total. The van der Waals surface area contributed by atoms with Crippen LogP contribution < -0.4 is 0 Å². The van der Waals surface area contributed by atoms with E-state index in [4.69, 9.17) is 23.2 Å². The first-order chi connectivity index (χ1) is 3.18. The largest absolute Gasteiger partial charge is 0.120 e. The van der Waals surface area contributed by atoms with Gasteiger partial charge in [0.15, 0.2) is 0 Å². The molecule has 0 aromatic heterocycles. The molecule has 0 aromatic carbocycles. The smallest absolute Gasteiger partial charge is 0.0979 e. The monoisotopic (exact) mass is 200 g/mol. The maximum Gasteiger partial charge on any atom is 0.120 e. The van der Waals surface area contributed by atoms with E-state index < -0.39 is 0 Å². The third-order valence-corrected chi connectivity index (χ3v) is 1.94.